The van der Waals surface area contributed by atoms with Crippen LogP contribution >= 0.6 is 0 Å². The Kier molecular flexibility index (Phi) is 3.44. The summed E-state index contributed by atoms with van der Waals surface area (Å²) < 4.78 is 0. The fourth-order valence-electron chi connectivity index (χ4n) is 2.71. The maximum Gasteiger partial charge on any atom is 0.251 e. The number of hydrogen-bond donors (Lipinski definition) is 2. The lowest BCUT2D eigenvalue weighted by Gasteiger charge is -2.21. The third kappa shape index (κ3) is 2.75. The Hall–Kier alpha value is -1.91. The molecular formula is C14H18N4O. The van der Waals surface area contributed by atoms with Crippen LogP contribution in [-0.4, -0.2) is 27.9 Å². The van der Waals surface area contributed by atoms with Gasteiger partial charge in [0.25, 0.3) is 5.91 Å². The third-order valence-corrected chi connectivity index (χ3v) is 3.85. The van der Waals surface area contributed by atoms with Crippen molar-refractivity contribution >= 4 is 16.9 Å². The van der Waals surface area contributed by atoms with E-state index in [4.69, 9.17) is 0 Å². The van der Waals surface area contributed by atoms with Gasteiger partial charge < -0.3 is 5.32 Å². The van der Waals surface area contributed by atoms with Crippen LogP contribution in [0, 0.1) is 5.92 Å². The van der Waals surface area contributed by atoms with E-state index in [1.54, 1.807) is 12.1 Å². The van der Waals surface area contributed by atoms with Crippen LogP contribution in [0.2, 0.25) is 0 Å². The second kappa shape index (κ2) is 5.38. The Morgan fingerprint density at radius 1 is 1.21 bits per heavy atom. The van der Waals surface area contributed by atoms with Crippen molar-refractivity contribution in [1.82, 2.24) is 20.7 Å². The van der Waals surface area contributed by atoms with E-state index in [2.05, 4.69) is 20.7 Å². The summed E-state index contributed by atoms with van der Waals surface area (Å²) in [6.07, 6.45) is 6.41. The molecule has 19 heavy (non-hydrogen) atoms. The molecule has 0 unspecified atom stereocenters. The van der Waals surface area contributed by atoms with Gasteiger partial charge in [-0.3, -0.25) is 4.79 Å². The van der Waals surface area contributed by atoms with Crippen molar-refractivity contribution < 1.29 is 4.79 Å². The molecule has 0 atom stereocenters. The highest BCUT2D eigenvalue weighted by Gasteiger charge is 2.15. The molecular weight excluding hydrogens is 240 g/mol. The van der Waals surface area contributed by atoms with Crippen LogP contribution in [0.25, 0.3) is 11.0 Å². The van der Waals surface area contributed by atoms with Crippen molar-refractivity contribution in [2.75, 3.05) is 6.54 Å². The number of benzene rings is 1. The minimum Gasteiger partial charge on any atom is -0.352 e. The zero-order valence-electron chi connectivity index (χ0n) is 10.9. The number of aromatic nitrogens is 3. The van der Waals surface area contributed by atoms with Gasteiger partial charge in [0.1, 0.15) is 11.0 Å². The number of carbonyl (C=O) groups is 1. The highest BCUT2D eigenvalue weighted by atomic mass is 16.1. The lowest BCUT2D eigenvalue weighted by molar-refractivity contribution is 0.0943. The van der Waals surface area contributed by atoms with E-state index in [-0.39, 0.29) is 5.91 Å². The number of aromatic amines is 1. The van der Waals surface area contributed by atoms with Crippen LogP contribution in [-0.2, 0) is 0 Å². The SMILES string of the molecule is O=C(NCC1CCCCC1)c1ccc2n[nH]nc2c1. The Bertz CT molecular complexity index is 572. The van der Waals surface area contributed by atoms with Crippen molar-refractivity contribution in [3.63, 3.8) is 0 Å². The zero-order chi connectivity index (χ0) is 13.1. The van der Waals surface area contributed by atoms with E-state index in [9.17, 15) is 4.79 Å². The summed E-state index contributed by atoms with van der Waals surface area (Å²) in [5.41, 5.74) is 2.16. The quantitative estimate of drug-likeness (QED) is 0.887. The van der Waals surface area contributed by atoms with Gasteiger partial charge in [0, 0.05) is 12.1 Å². The number of amides is 1. The normalized spacial score (nSPS) is 16.6. The standard InChI is InChI=1S/C14H18N4O/c19-14(15-9-10-4-2-1-3-5-10)11-6-7-12-13(8-11)17-18-16-12/h6-8,10H,1-5,9H2,(H,15,19)(H,16,17,18). The molecule has 0 spiro atoms. The molecule has 0 bridgehead atoms. The molecule has 2 aromatic rings. The first kappa shape index (κ1) is 12.1. The van der Waals surface area contributed by atoms with Gasteiger partial charge in [0.15, 0.2) is 0 Å². The zero-order valence-corrected chi connectivity index (χ0v) is 10.9. The minimum atomic E-state index is -0.0181. The number of nitrogens with zero attached hydrogens (tertiary/aromatic N) is 2. The monoisotopic (exact) mass is 258 g/mol. The van der Waals surface area contributed by atoms with E-state index >= 15 is 0 Å². The summed E-state index contributed by atoms with van der Waals surface area (Å²) in [7, 11) is 0. The van der Waals surface area contributed by atoms with Crippen LogP contribution in [0.3, 0.4) is 0 Å². The molecule has 1 heterocycles. The summed E-state index contributed by atoms with van der Waals surface area (Å²) in [5.74, 6) is 0.629. The first-order valence-electron chi connectivity index (χ1n) is 6.91. The predicted molar refractivity (Wildman–Crippen MR) is 72.8 cm³/mol. The van der Waals surface area contributed by atoms with Crippen molar-refractivity contribution in [3.05, 3.63) is 23.8 Å². The van der Waals surface area contributed by atoms with Gasteiger partial charge in [-0.1, -0.05) is 19.3 Å². The Labute approximate surface area is 111 Å². The molecule has 3 rings (SSSR count). The van der Waals surface area contributed by atoms with Gasteiger partial charge in [-0.2, -0.15) is 15.4 Å². The Morgan fingerprint density at radius 3 is 2.84 bits per heavy atom. The first-order valence-corrected chi connectivity index (χ1v) is 6.91. The lowest BCUT2D eigenvalue weighted by Crippen LogP contribution is -2.30. The van der Waals surface area contributed by atoms with Crippen molar-refractivity contribution in [1.29, 1.82) is 0 Å². The summed E-state index contributed by atoms with van der Waals surface area (Å²) in [6, 6.07) is 5.38. The fraction of sp³-hybridized carbons (Fsp3) is 0.500. The molecule has 2 N–H and O–H groups in total. The van der Waals surface area contributed by atoms with Gasteiger partial charge in [0.2, 0.25) is 0 Å². The van der Waals surface area contributed by atoms with Crippen molar-refractivity contribution in [2.45, 2.75) is 32.1 Å². The summed E-state index contributed by atoms with van der Waals surface area (Å²) >= 11 is 0. The number of carbonyl (C=O) groups excluding carboxylic acids is 1. The molecule has 1 fully saturated rings. The van der Waals surface area contributed by atoms with Gasteiger partial charge in [0.05, 0.1) is 0 Å². The van der Waals surface area contributed by atoms with Crippen LogP contribution in [0.1, 0.15) is 42.5 Å². The van der Waals surface area contributed by atoms with Crippen LogP contribution in [0.5, 0.6) is 0 Å². The Balaban J connectivity index is 1.62. The molecule has 100 valence electrons. The number of nitrogens with one attached hydrogen (secondary N) is 2. The molecule has 1 aliphatic carbocycles. The number of hydrogen-bond acceptors (Lipinski definition) is 3. The molecule has 1 aliphatic rings. The molecule has 1 amide bonds. The average molecular weight is 258 g/mol. The van der Waals surface area contributed by atoms with Crippen LogP contribution in [0.15, 0.2) is 18.2 Å². The highest BCUT2D eigenvalue weighted by molar-refractivity contribution is 5.97. The van der Waals surface area contributed by atoms with Crippen LogP contribution < -0.4 is 5.32 Å². The summed E-state index contributed by atoms with van der Waals surface area (Å²) in [5, 5.41) is 13.6. The first-order chi connectivity index (χ1) is 9.33. The van der Waals surface area contributed by atoms with E-state index in [0.717, 1.165) is 17.6 Å². The second-order valence-corrected chi connectivity index (χ2v) is 5.24. The topological polar surface area (TPSA) is 70.7 Å². The van der Waals surface area contributed by atoms with Crippen molar-refractivity contribution in [3.8, 4) is 0 Å². The van der Waals surface area contributed by atoms with Gasteiger partial charge >= 0.3 is 0 Å². The summed E-state index contributed by atoms with van der Waals surface area (Å²) in [4.78, 5) is 12.1. The smallest absolute Gasteiger partial charge is 0.251 e. The molecule has 1 aromatic heterocycles. The summed E-state index contributed by atoms with van der Waals surface area (Å²) in [6.45, 7) is 0.787. The van der Waals surface area contributed by atoms with E-state index in [1.807, 2.05) is 6.07 Å². The predicted octanol–water partition coefficient (Wildman–Crippen LogP) is 2.27. The maximum absolute atomic E-state index is 12.1. The molecule has 5 heteroatoms. The van der Waals surface area contributed by atoms with E-state index in [0.29, 0.717) is 11.5 Å². The molecule has 5 nitrogen and oxygen atoms in total. The third-order valence-electron chi connectivity index (χ3n) is 3.85. The second-order valence-electron chi connectivity index (χ2n) is 5.24. The number of fused-ring (bicyclic) bond motifs is 1. The molecule has 1 saturated carbocycles. The lowest BCUT2D eigenvalue weighted by atomic mass is 9.89. The van der Waals surface area contributed by atoms with Gasteiger partial charge in [-0.05, 0) is 37.0 Å². The maximum atomic E-state index is 12.1. The average Bonchev–Trinajstić information content (AvgIpc) is 2.93. The molecule has 0 radical (unpaired) electrons. The van der Waals surface area contributed by atoms with Gasteiger partial charge in [-0.25, -0.2) is 0 Å². The van der Waals surface area contributed by atoms with E-state index in [1.165, 1.54) is 32.1 Å². The van der Waals surface area contributed by atoms with Crippen molar-refractivity contribution in [2.24, 2.45) is 5.92 Å². The molecule has 1 aromatic carbocycles. The van der Waals surface area contributed by atoms with Gasteiger partial charge in [-0.15, -0.1) is 0 Å². The fourth-order valence-corrected chi connectivity index (χ4v) is 2.71. The largest absolute Gasteiger partial charge is 0.352 e. The molecule has 0 saturated heterocycles. The Morgan fingerprint density at radius 2 is 2.00 bits per heavy atom. The number of rotatable bonds is 3. The number of H-pyrrole nitrogens is 1. The highest BCUT2D eigenvalue weighted by Crippen LogP contribution is 2.22. The van der Waals surface area contributed by atoms with Crippen LogP contribution in [0.4, 0.5) is 0 Å². The minimum absolute atomic E-state index is 0.0181. The molecule has 0 aliphatic heterocycles. The van der Waals surface area contributed by atoms with E-state index < -0.39 is 0 Å².